The Morgan fingerprint density at radius 3 is 2.56 bits per heavy atom. The average molecular weight is 560 g/mol. The number of alkyl halides is 3. The molecule has 2 heterocycles. The zero-order valence-electron chi connectivity index (χ0n) is 22.0. The van der Waals surface area contributed by atoms with Crippen LogP contribution in [0.15, 0.2) is 53.9 Å². The third-order valence-corrected chi connectivity index (χ3v) is 7.48. The van der Waals surface area contributed by atoms with Gasteiger partial charge in [0.15, 0.2) is 0 Å². The summed E-state index contributed by atoms with van der Waals surface area (Å²) in [7, 11) is 0. The second-order valence-corrected chi connectivity index (χ2v) is 10.7. The van der Waals surface area contributed by atoms with Gasteiger partial charge in [-0.2, -0.15) is 13.2 Å². The molecule has 1 aromatic heterocycles. The summed E-state index contributed by atoms with van der Waals surface area (Å²) in [6.07, 6.45) is -3.01. The van der Waals surface area contributed by atoms with Gasteiger partial charge in [-0.1, -0.05) is 48.0 Å². The van der Waals surface area contributed by atoms with Crippen molar-refractivity contribution in [1.82, 2.24) is 14.8 Å². The van der Waals surface area contributed by atoms with Crippen molar-refractivity contribution in [2.24, 2.45) is 5.92 Å². The second kappa shape index (κ2) is 12.7. The number of halogens is 3. The molecule has 2 aromatic carbocycles. The van der Waals surface area contributed by atoms with Crippen LogP contribution in [0.4, 0.5) is 13.2 Å². The number of rotatable bonds is 9. The molecular formula is C29H32F3N3O3S. The first kappa shape index (κ1) is 28.8. The summed E-state index contributed by atoms with van der Waals surface area (Å²) in [6, 6.07) is 13.4. The largest absolute Gasteiger partial charge is 0.466 e. The summed E-state index contributed by atoms with van der Waals surface area (Å²) in [4.78, 5) is 33.6. The van der Waals surface area contributed by atoms with Crippen LogP contribution in [0, 0.1) is 12.8 Å². The Hall–Kier alpha value is -3.24. The van der Waals surface area contributed by atoms with Gasteiger partial charge in [-0.25, -0.2) is 4.98 Å². The molecule has 4 rings (SSSR count). The topological polar surface area (TPSA) is 62.7 Å². The molecule has 1 aliphatic heterocycles. The first-order valence-electron chi connectivity index (χ1n) is 13.0. The van der Waals surface area contributed by atoms with E-state index in [0.717, 1.165) is 17.2 Å². The molecule has 3 aromatic rings. The molecule has 1 aliphatic rings. The van der Waals surface area contributed by atoms with E-state index in [4.69, 9.17) is 4.74 Å². The zero-order chi connectivity index (χ0) is 28.0. The Kier molecular flexibility index (Phi) is 9.40. The summed E-state index contributed by atoms with van der Waals surface area (Å²) in [5.41, 5.74) is 2.32. The van der Waals surface area contributed by atoms with E-state index in [1.165, 1.54) is 23.5 Å². The third kappa shape index (κ3) is 7.89. The number of aromatic nitrogens is 1. The standard InChI is InChI=1S/C29H32F3N3O3S/c1-3-38-28(37)23-7-5-13-35(17-23)27(36)25-19-39-26(33-25)18-34(15-21-11-9-20(2)10-12-21)16-22-6-4-8-24(14-22)29(30,31)32/h4,6,8-12,14,19,23H,3,5,7,13,15-18H2,1-2H3/t23-/m0/s1. The highest BCUT2D eigenvalue weighted by atomic mass is 32.1. The van der Waals surface area contributed by atoms with Crippen molar-refractivity contribution in [3.63, 3.8) is 0 Å². The zero-order valence-corrected chi connectivity index (χ0v) is 22.9. The highest BCUT2D eigenvalue weighted by Gasteiger charge is 2.32. The Morgan fingerprint density at radius 2 is 1.85 bits per heavy atom. The minimum absolute atomic E-state index is 0.227. The van der Waals surface area contributed by atoms with Gasteiger partial charge in [0.05, 0.1) is 24.6 Å². The van der Waals surface area contributed by atoms with Crippen LogP contribution >= 0.6 is 11.3 Å². The third-order valence-electron chi connectivity index (χ3n) is 6.65. The molecule has 0 N–H and O–H groups in total. The number of aryl methyl sites for hydroxylation is 1. The quantitative estimate of drug-likeness (QED) is 0.297. The average Bonchev–Trinajstić information content (AvgIpc) is 3.38. The number of thiazole rings is 1. The predicted molar refractivity (Wildman–Crippen MR) is 143 cm³/mol. The Labute approximate surface area is 230 Å². The molecule has 0 saturated carbocycles. The molecule has 39 heavy (non-hydrogen) atoms. The summed E-state index contributed by atoms with van der Waals surface area (Å²) in [5.74, 6) is -0.844. The van der Waals surface area contributed by atoms with Crippen LogP contribution < -0.4 is 0 Å². The van der Waals surface area contributed by atoms with Gasteiger partial charge < -0.3 is 9.64 Å². The number of likely N-dealkylation sites (tertiary alicyclic amines) is 1. The Balaban J connectivity index is 1.49. The van der Waals surface area contributed by atoms with Gasteiger partial charge in [0.1, 0.15) is 10.7 Å². The van der Waals surface area contributed by atoms with Crippen molar-refractivity contribution in [1.29, 1.82) is 0 Å². The molecule has 0 spiro atoms. The fourth-order valence-corrected chi connectivity index (χ4v) is 5.48. The van der Waals surface area contributed by atoms with Crippen molar-refractivity contribution in [3.8, 4) is 0 Å². The van der Waals surface area contributed by atoms with Gasteiger partial charge in [-0.05, 0) is 43.9 Å². The van der Waals surface area contributed by atoms with Crippen molar-refractivity contribution in [2.45, 2.75) is 52.5 Å². The number of carbonyl (C=O) groups excluding carboxylic acids is 2. The van der Waals surface area contributed by atoms with Crippen molar-refractivity contribution < 1.29 is 27.5 Å². The summed E-state index contributed by atoms with van der Waals surface area (Å²) in [5, 5.41) is 2.40. The van der Waals surface area contributed by atoms with Gasteiger partial charge in [0.25, 0.3) is 5.91 Å². The molecule has 1 amide bonds. The lowest BCUT2D eigenvalue weighted by Crippen LogP contribution is -2.43. The molecule has 0 unspecified atom stereocenters. The van der Waals surface area contributed by atoms with Gasteiger partial charge in [-0.15, -0.1) is 11.3 Å². The van der Waals surface area contributed by atoms with Crippen LogP contribution in [0.1, 0.15) is 57.5 Å². The number of hydrogen-bond acceptors (Lipinski definition) is 6. The van der Waals surface area contributed by atoms with Gasteiger partial charge in [-0.3, -0.25) is 14.5 Å². The van der Waals surface area contributed by atoms with E-state index in [2.05, 4.69) is 4.98 Å². The smallest absolute Gasteiger partial charge is 0.416 e. The van der Waals surface area contributed by atoms with E-state index in [9.17, 15) is 22.8 Å². The molecule has 208 valence electrons. The minimum Gasteiger partial charge on any atom is -0.466 e. The maximum absolute atomic E-state index is 13.3. The molecule has 6 nitrogen and oxygen atoms in total. The minimum atomic E-state index is -4.41. The number of benzene rings is 2. The normalized spacial score (nSPS) is 15.9. The number of hydrogen-bond donors (Lipinski definition) is 0. The van der Waals surface area contributed by atoms with Crippen LogP contribution in [0.2, 0.25) is 0 Å². The van der Waals surface area contributed by atoms with Crippen LogP contribution in [0.5, 0.6) is 0 Å². The van der Waals surface area contributed by atoms with E-state index in [1.54, 1.807) is 23.3 Å². The monoisotopic (exact) mass is 559 g/mol. The van der Waals surface area contributed by atoms with Crippen LogP contribution in [-0.4, -0.2) is 46.4 Å². The second-order valence-electron chi connectivity index (χ2n) is 9.80. The first-order chi connectivity index (χ1) is 18.6. The highest BCUT2D eigenvalue weighted by molar-refractivity contribution is 7.09. The van der Waals surface area contributed by atoms with E-state index >= 15 is 0 Å². The van der Waals surface area contributed by atoms with E-state index in [1.807, 2.05) is 36.1 Å². The highest BCUT2D eigenvalue weighted by Crippen LogP contribution is 2.30. The maximum atomic E-state index is 13.3. The maximum Gasteiger partial charge on any atom is 0.416 e. The number of nitrogens with zero attached hydrogens (tertiary/aromatic N) is 3. The Morgan fingerprint density at radius 1 is 1.10 bits per heavy atom. The first-order valence-corrected chi connectivity index (χ1v) is 13.8. The van der Waals surface area contributed by atoms with Gasteiger partial charge in [0, 0.05) is 31.6 Å². The molecule has 0 radical (unpaired) electrons. The van der Waals surface area contributed by atoms with Gasteiger partial charge in [0.2, 0.25) is 0 Å². The van der Waals surface area contributed by atoms with Crippen molar-refractivity contribution >= 4 is 23.2 Å². The van der Waals surface area contributed by atoms with E-state index in [0.29, 0.717) is 61.9 Å². The fraction of sp³-hybridized carbons (Fsp3) is 0.414. The molecule has 10 heteroatoms. The summed E-state index contributed by atoms with van der Waals surface area (Å²) < 4.78 is 45.0. The molecule has 1 saturated heterocycles. The number of ether oxygens (including phenoxy) is 1. The van der Waals surface area contributed by atoms with E-state index < -0.39 is 11.7 Å². The lowest BCUT2D eigenvalue weighted by molar-refractivity contribution is -0.149. The van der Waals surface area contributed by atoms with E-state index in [-0.39, 0.29) is 24.3 Å². The van der Waals surface area contributed by atoms with Gasteiger partial charge >= 0.3 is 12.1 Å². The SMILES string of the molecule is CCOC(=O)[C@H]1CCCN(C(=O)c2csc(CN(Cc3ccc(C)cc3)Cc3cccc(C(F)(F)F)c3)n2)C1. The summed E-state index contributed by atoms with van der Waals surface area (Å²) >= 11 is 1.34. The van der Waals surface area contributed by atoms with Crippen LogP contribution in [-0.2, 0) is 35.3 Å². The van der Waals surface area contributed by atoms with Crippen molar-refractivity contribution in [2.75, 3.05) is 19.7 Å². The molecule has 0 bridgehead atoms. The van der Waals surface area contributed by atoms with Crippen LogP contribution in [0.3, 0.4) is 0 Å². The lowest BCUT2D eigenvalue weighted by atomic mass is 9.98. The number of carbonyl (C=O) groups is 2. The lowest BCUT2D eigenvalue weighted by Gasteiger charge is -2.31. The molecule has 0 aliphatic carbocycles. The fourth-order valence-electron chi connectivity index (χ4n) is 4.67. The molecule has 1 fully saturated rings. The van der Waals surface area contributed by atoms with Crippen LogP contribution in [0.25, 0.3) is 0 Å². The summed E-state index contributed by atoms with van der Waals surface area (Å²) in [6.45, 7) is 6.08. The molecule has 1 atom stereocenters. The molecular weight excluding hydrogens is 527 g/mol. The number of amides is 1. The number of esters is 1. The number of piperidine rings is 1. The Bertz CT molecular complexity index is 1280. The predicted octanol–water partition coefficient (Wildman–Crippen LogP) is 6.09. The van der Waals surface area contributed by atoms with Crippen molar-refractivity contribution in [3.05, 3.63) is 86.9 Å².